The van der Waals surface area contributed by atoms with Crippen molar-refractivity contribution in [2.75, 3.05) is 6.54 Å². The van der Waals surface area contributed by atoms with Crippen LogP contribution in [-0.2, 0) is 9.31 Å². The first-order valence-electron chi connectivity index (χ1n) is 6.60. The Hall–Kier alpha value is -0.875. The molecule has 0 saturated carbocycles. The summed E-state index contributed by atoms with van der Waals surface area (Å²) < 4.78 is 11.9. The van der Waals surface area contributed by atoms with Crippen LogP contribution in [-0.4, -0.2) is 30.0 Å². The van der Waals surface area contributed by atoms with E-state index in [0.717, 1.165) is 11.0 Å². The number of hydrogen-bond donors (Lipinski definition) is 2. The molecule has 104 valence electrons. The third kappa shape index (κ3) is 2.70. The highest BCUT2D eigenvalue weighted by atomic mass is 16.7. The zero-order valence-corrected chi connectivity index (χ0v) is 12.0. The number of aliphatic hydroxyl groups excluding tert-OH is 1. The Morgan fingerprint density at radius 2 is 1.58 bits per heavy atom. The van der Waals surface area contributed by atoms with Crippen molar-refractivity contribution in [2.24, 2.45) is 5.73 Å². The summed E-state index contributed by atoms with van der Waals surface area (Å²) in [5.74, 6) is 0. The van der Waals surface area contributed by atoms with Crippen LogP contribution in [0.3, 0.4) is 0 Å². The molecular weight excluding hydrogens is 241 g/mol. The second kappa shape index (κ2) is 4.91. The van der Waals surface area contributed by atoms with Crippen molar-refractivity contribution in [3.63, 3.8) is 0 Å². The van der Waals surface area contributed by atoms with Gasteiger partial charge in [0.2, 0.25) is 0 Å². The number of benzene rings is 1. The first-order chi connectivity index (χ1) is 8.77. The van der Waals surface area contributed by atoms with E-state index in [1.165, 1.54) is 0 Å². The molecule has 2 rings (SSSR count). The van der Waals surface area contributed by atoms with Gasteiger partial charge in [0.15, 0.2) is 0 Å². The van der Waals surface area contributed by atoms with Crippen LogP contribution < -0.4 is 11.2 Å². The fraction of sp³-hybridized carbons (Fsp3) is 0.571. The molecule has 1 fully saturated rings. The molecule has 0 radical (unpaired) electrons. The molecule has 0 aromatic heterocycles. The van der Waals surface area contributed by atoms with Gasteiger partial charge in [-0.3, -0.25) is 0 Å². The second-order valence-corrected chi connectivity index (χ2v) is 6.01. The average Bonchev–Trinajstić information content (AvgIpc) is 2.58. The van der Waals surface area contributed by atoms with Crippen molar-refractivity contribution in [3.05, 3.63) is 29.8 Å². The van der Waals surface area contributed by atoms with Crippen molar-refractivity contribution in [1.29, 1.82) is 0 Å². The van der Waals surface area contributed by atoms with Gasteiger partial charge >= 0.3 is 7.12 Å². The Morgan fingerprint density at radius 3 is 2.00 bits per heavy atom. The standard InChI is InChI=1S/C14H22BNO3/c1-13(2)14(3,4)19-15(18-13)11-7-5-10(6-8-11)12(17)9-16/h5-8,12,17H,9,16H2,1-4H3. The molecule has 0 spiro atoms. The number of hydrogen-bond acceptors (Lipinski definition) is 4. The smallest absolute Gasteiger partial charge is 0.399 e. The number of nitrogens with two attached hydrogens (primary N) is 1. The summed E-state index contributed by atoms with van der Waals surface area (Å²) in [5.41, 5.74) is 6.51. The first-order valence-corrected chi connectivity index (χ1v) is 6.60. The summed E-state index contributed by atoms with van der Waals surface area (Å²) >= 11 is 0. The summed E-state index contributed by atoms with van der Waals surface area (Å²) in [7, 11) is -0.367. The molecule has 19 heavy (non-hydrogen) atoms. The number of aliphatic hydroxyl groups is 1. The highest BCUT2D eigenvalue weighted by Crippen LogP contribution is 2.36. The predicted molar refractivity (Wildman–Crippen MR) is 76.2 cm³/mol. The van der Waals surface area contributed by atoms with Gasteiger partial charge in [0.05, 0.1) is 17.3 Å². The largest absolute Gasteiger partial charge is 0.494 e. The minimum absolute atomic E-state index is 0.218. The zero-order chi connectivity index (χ0) is 14.3. The van der Waals surface area contributed by atoms with Gasteiger partial charge in [-0.25, -0.2) is 0 Å². The van der Waals surface area contributed by atoms with Gasteiger partial charge in [-0.05, 0) is 38.7 Å². The Bertz CT molecular complexity index is 429. The van der Waals surface area contributed by atoms with Crippen LogP contribution in [0.25, 0.3) is 0 Å². The molecule has 1 atom stereocenters. The van der Waals surface area contributed by atoms with Crippen LogP contribution in [0.5, 0.6) is 0 Å². The van der Waals surface area contributed by atoms with E-state index in [0.29, 0.717) is 0 Å². The van der Waals surface area contributed by atoms with Crippen molar-refractivity contribution < 1.29 is 14.4 Å². The maximum absolute atomic E-state index is 9.66. The van der Waals surface area contributed by atoms with E-state index in [4.69, 9.17) is 15.0 Å². The van der Waals surface area contributed by atoms with Gasteiger partial charge in [0, 0.05) is 6.54 Å². The molecule has 1 aliphatic rings. The van der Waals surface area contributed by atoms with Gasteiger partial charge in [-0.1, -0.05) is 24.3 Å². The highest BCUT2D eigenvalue weighted by molar-refractivity contribution is 6.62. The molecule has 0 amide bonds. The molecule has 3 N–H and O–H groups in total. The van der Waals surface area contributed by atoms with Crippen LogP contribution in [0.15, 0.2) is 24.3 Å². The Balaban J connectivity index is 2.17. The zero-order valence-electron chi connectivity index (χ0n) is 12.0. The maximum Gasteiger partial charge on any atom is 0.494 e. The highest BCUT2D eigenvalue weighted by Gasteiger charge is 2.51. The molecule has 0 aliphatic carbocycles. The summed E-state index contributed by atoms with van der Waals surface area (Å²) in [6.45, 7) is 8.33. The Morgan fingerprint density at radius 1 is 1.11 bits per heavy atom. The normalized spacial score (nSPS) is 22.5. The van der Waals surface area contributed by atoms with Crippen molar-refractivity contribution in [3.8, 4) is 0 Å². The molecule has 1 saturated heterocycles. The lowest BCUT2D eigenvalue weighted by molar-refractivity contribution is 0.00578. The minimum Gasteiger partial charge on any atom is -0.399 e. The third-order valence-electron chi connectivity index (χ3n) is 4.07. The van der Waals surface area contributed by atoms with Crippen LogP contribution in [0, 0.1) is 0 Å². The van der Waals surface area contributed by atoms with Gasteiger partial charge in [-0.15, -0.1) is 0 Å². The van der Waals surface area contributed by atoms with Crippen LogP contribution in [0.4, 0.5) is 0 Å². The van der Waals surface area contributed by atoms with E-state index in [1.54, 1.807) is 0 Å². The van der Waals surface area contributed by atoms with E-state index < -0.39 is 6.10 Å². The maximum atomic E-state index is 9.66. The molecule has 4 nitrogen and oxygen atoms in total. The monoisotopic (exact) mass is 263 g/mol. The summed E-state index contributed by atoms with van der Waals surface area (Å²) in [6, 6.07) is 7.54. The van der Waals surface area contributed by atoms with E-state index >= 15 is 0 Å². The van der Waals surface area contributed by atoms with Crippen LogP contribution >= 0.6 is 0 Å². The molecule has 0 bridgehead atoms. The molecule has 1 aromatic carbocycles. The summed E-state index contributed by atoms with van der Waals surface area (Å²) in [6.07, 6.45) is -0.618. The predicted octanol–water partition coefficient (Wildman–Crippen LogP) is 0.978. The lowest BCUT2D eigenvalue weighted by atomic mass is 9.78. The molecule has 1 heterocycles. The van der Waals surface area contributed by atoms with Crippen molar-refractivity contribution in [1.82, 2.24) is 0 Å². The fourth-order valence-corrected chi connectivity index (χ4v) is 1.99. The van der Waals surface area contributed by atoms with E-state index in [2.05, 4.69) is 0 Å². The number of rotatable bonds is 3. The SMILES string of the molecule is CC1(C)OB(c2ccc(C(O)CN)cc2)OC1(C)C. The summed E-state index contributed by atoms with van der Waals surface area (Å²) in [4.78, 5) is 0. The van der Waals surface area contributed by atoms with E-state index in [-0.39, 0.29) is 24.9 Å². The summed E-state index contributed by atoms with van der Waals surface area (Å²) in [5, 5.41) is 9.66. The molecule has 1 unspecified atom stereocenters. The first kappa shape index (κ1) is 14.5. The lowest BCUT2D eigenvalue weighted by Gasteiger charge is -2.32. The topological polar surface area (TPSA) is 64.7 Å². The quantitative estimate of drug-likeness (QED) is 0.798. The Kier molecular flexibility index (Phi) is 3.75. The van der Waals surface area contributed by atoms with Gasteiger partial charge in [0.1, 0.15) is 0 Å². The van der Waals surface area contributed by atoms with E-state index in [9.17, 15) is 5.11 Å². The van der Waals surface area contributed by atoms with Crippen LogP contribution in [0.1, 0.15) is 39.4 Å². The molecule has 1 aliphatic heterocycles. The second-order valence-electron chi connectivity index (χ2n) is 6.01. The van der Waals surface area contributed by atoms with Gasteiger partial charge in [0.25, 0.3) is 0 Å². The molecule has 1 aromatic rings. The molecule has 5 heteroatoms. The molecular formula is C14H22BNO3. The average molecular weight is 263 g/mol. The van der Waals surface area contributed by atoms with Gasteiger partial charge < -0.3 is 20.1 Å². The fourth-order valence-electron chi connectivity index (χ4n) is 1.99. The van der Waals surface area contributed by atoms with Crippen molar-refractivity contribution in [2.45, 2.75) is 45.0 Å². The van der Waals surface area contributed by atoms with E-state index in [1.807, 2.05) is 52.0 Å². The minimum atomic E-state index is -0.618. The third-order valence-corrected chi connectivity index (χ3v) is 4.07. The van der Waals surface area contributed by atoms with Crippen molar-refractivity contribution >= 4 is 12.6 Å². The van der Waals surface area contributed by atoms with Gasteiger partial charge in [-0.2, -0.15) is 0 Å². The lowest BCUT2D eigenvalue weighted by Crippen LogP contribution is -2.41. The Labute approximate surface area is 115 Å². The van der Waals surface area contributed by atoms with Crippen LogP contribution in [0.2, 0.25) is 0 Å².